The van der Waals surface area contributed by atoms with Crippen LogP contribution in [0.3, 0.4) is 0 Å². The number of nitrogens with one attached hydrogen (secondary N) is 2. The van der Waals surface area contributed by atoms with Crippen LogP contribution >= 0.6 is 0 Å². The van der Waals surface area contributed by atoms with E-state index in [4.69, 9.17) is 0 Å². The van der Waals surface area contributed by atoms with Gasteiger partial charge in [0.2, 0.25) is 0 Å². The van der Waals surface area contributed by atoms with E-state index < -0.39 is 5.97 Å². The second-order valence-electron chi connectivity index (χ2n) is 6.00. The Morgan fingerprint density at radius 2 is 1.84 bits per heavy atom. The highest BCUT2D eigenvalue weighted by Crippen LogP contribution is 2.38. The van der Waals surface area contributed by atoms with Crippen molar-refractivity contribution in [2.24, 2.45) is 0 Å². The molecule has 4 rings (SSSR count). The Hall–Kier alpha value is -3.27. The van der Waals surface area contributed by atoms with Gasteiger partial charge in [0.05, 0.1) is 5.69 Å². The smallest absolute Gasteiger partial charge is 0.352 e. The first-order valence-electron chi connectivity index (χ1n) is 8.30. The predicted molar refractivity (Wildman–Crippen MR) is 99.9 cm³/mol. The lowest BCUT2D eigenvalue weighted by Crippen LogP contribution is -1.99. The van der Waals surface area contributed by atoms with Gasteiger partial charge in [0, 0.05) is 28.2 Å². The van der Waals surface area contributed by atoms with Crippen molar-refractivity contribution >= 4 is 16.9 Å². The number of hydrogen-bond acceptors (Lipinski definition) is 1. The average Bonchev–Trinajstić information content (AvgIpc) is 3.26. The van der Waals surface area contributed by atoms with Crippen molar-refractivity contribution in [3.8, 4) is 22.4 Å². The number of aromatic amines is 2. The fraction of sp³-hybridized carbons (Fsp3) is 0.0952. The largest absolute Gasteiger partial charge is 0.477 e. The number of hydrogen-bond donors (Lipinski definition) is 3. The number of aromatic carboxylic acids is 1. The lowest BCUT2D eigenvalue weighted by atomic mass is 9.95. The van der Waals surface area contributed by atoms with Crippen LogP contribution in [0.2, 0.25) is 0 Å². The van der Waals surface area contributed by atoms with Crippen LogP contribution in [0.4, 0.5) is 0 Å². The summed E-state index contributed by atoms with van der Waals surface area (Å²) in [6.07, 6.45) is 2.64. The fourth-order valence-corrected chi connectivity index (χ4v) is 3.51. The summed E-state index contributed by atoms with van der Waals surface area (Å²) in [6, 6.07) is 17.8. The Kier molecular flexibility index (Phi) is 3.65. The standard InChI is InChI=1S/C21H18N2O2/c1-2-14-18(13-7-4-3-5-8-13)20(21(24)25)23-19(14)16-9-6-10-17-15(16)11-12-22-17/h3-12,22-23H,2H2,1H3,(H,24,25). The van der Waals surface area contributed by atoms with Gasteiger partial charge in [0.15, 0.2) is 0 Å². The van der Waals surface area contributed by atoms with Crippen molar-refractivity contribution in [2.75, 3.05) is 0 Å². The summed E-state index contributed by atoms with van der Waals surface area (Å²) in [4.78, 5) is 18.3. The highest BCUT2D eigenvalue weighted by molar-refractivity contribution is 6.01. The van der Waals surface area contributed by atoms with Gasteiger partial charge >= 0.3 is 5.97 Å². The highest BCUT2D eigenvalue weighted by atomic mass is 16.4. The summed E-state index contributed by atoms with van der Waals surface area (Å²) in [5, 5.41) is 10.8. The number of rotatable bonds is 4. The van der Waals surface area contributed by atoms with Crippen LogP contribution in [-0.4, -0.2) is 21.0 Å². The summed E-state index contributed by atoms with van der Waals surface area (Å²) >= 11 is 0. The van der Waals surface area contributed by atoms with Crippen LogP contribution in [0.15, 0.2) is 60.8 Å². The monoisotopic (exact) mass is 330 g/mol. The zero-order valence-electron chi connectivity index (χ0n) is 13.8. The third-order valence-corrected chi connectivity index (χ3v) is 4.60. The lowest BCUT2D eigenvalue weighted by Gasteiger charge is -2.07. The third-order valence-electron chi connectivity index (χ3n) is 4.60. The van der Waals surface area contributed by atoms with Gasteiger partial charge in [0.1, 0.15) is 5.69 Å². The van der Waals surface area contributed by atoms with Crippen molar-refractivity contribution in [3.05, 3.63) is 72.1 Å². The summed E-state index contributed by atoms with van der Waals surface area (Å²) in [5.74, 6) is -0.943. The van der Waals surface area contributed by atoms with Crippen molar-refractivity contribution in [1.29, 1.82) is 0 Å². The van der Waals surface area contributed by atoms with Crippen molar-refractivity contribution in [2.45, 2.75) is 13.3 Å². The predicted octanol–water partition coefficient (Wildman–Crippen LogP) is 5.09. The van der Waals surface area contributed by atoms with Gasteiger partial charge < -0.3 is 15.1 Å². The Morgan fingerprint density at radius 3 is 2.56 bits per heavy atom. The van der Waals surface area contributed by atoms with E-state index in [2.05, 4.69) is 16.9 Å². The normalized spacial score (nSPS) is 11.1. The topological polar surface area (TPSA) is 68.9 Å². The number of benzene rings is 2. The molecule has 0 aliphatic heterocycles. The van der Waals surface area contributed by atoms with Gasteiger partial charge in [0.25, 0.3) is 0 Å². The molecule has 0 amide bonds. The number of carbonyl (C=O) groups is 1. The summed E-state index contributed by atoms with van der Waals surface area (Å²) < 4.78 is 0. The molecule has 4 aromatic rings. The van der Waals surface area contributed by atoms with Crippen LogP contribution in [0.25, 0.3) is 33.3 Å². The molecule has 0 saturated carbocycles. The van der Waals surface area contributed by atoms with Gasteiger partial charge in [-0.15, -0.1) is 0 Å². The molecular formula is C21H18N2O2. The SMILES string of the molecule is CCc1c(-c2cccc3[nH]ccc23)[nH]c(C(=O)O)c1-c1ccccc1. The average molecular weight is 330 g/mol. The van der Waals surface area contributed by atoms with E-state index in [0.29, 0.717) is 0 Å². The first kappa shape index (κ1) is 15.3. The minimum atomic E-state index is -0.943. The quantitative estimate of drug-likeness (QED) is 0.488. The van der Waals surface area contributed by atoms with Crippen LogP contribution in [0.5, 0.6) is 0 Å². The molecule has 124 valence electrons. The third kappa shape index (κ3) is 2.43. The molecule has 0 spiro atoms. The molecule has 4 nitrogen and oxygen atoms in total. The van der Waals surface area contributed by atoms with E-state index >= 15 is 0 Å². The molecule has 0 bridgehead atoms. The number of carboxylic acids is 1. The van der Waals surface area contributed by atoms with E-state index in [1.807, 2.05) is 60.8 Å². The zero-order chi connectivity index (χ0) is 17.4. The minimum Gasteiger partial charge on any atom is -0.477 e. The molecule has 0 aliphatic carbocycles. The highest BCUT2D eigenvalue weighted by Gasteiger charge is 2.23. The Balaban J connectivity index is 2.05. The van der Waals surface area contributed by atoms with Crippen LogP contribution in [0.1, 0.15) is 23.0 Å². The van der Waals surface area contributed by atoms with Gasteiger partial charge in [-0.05, 0) is 29.7 Å². The fourth-order valence-electron chi connectivity index (χ4n) is 3.51. The van der Waals surface area contributed by atoms with E-state index in [0.717, 1.165) is 45.3 Å². The Labute approximate surface area is 145 Å². The first-order valence-corrected chi connectivity index (χ1v) is 8.30. The van der Waals surface area contributed by atoms with Crippen LogP contribution in [-0.2, 0) is 6.42 Å². The van der Waals surface area contributed by atoms with Gasteiger partial charge in [-0.1, -0.05) is 49.4 Å². The molecule has 0 fully saturated rings. The second kappa shape index (κ2) is 5.98. The summed E-state index contributed by atoms with van der Waals surface area (Å²) in [5.41, 5.74) is 5.89. The second-order valence-corrected chi connectivity index (χ2v) is 6.00. The zero-order valence-corrected chi connectivity index (χ0v) is 13.8. The molecule has 2 heterocycles. The minimum absolute atomic E-state index is 0.241. The summed E-state index contributed by atoms with van der Waals surface area (Å²) in [6.45, 7) is 2.06. The molecule has 3 N–H and O–H groups in total. The summed E-state index contributed by atoms with van der Waals surface area (Å²) in [7, 11) is 0. The molecule has 4 heteroatoms. The Bertz CT molecular complexity index is 1060. The molecule has 0 unspecified atom stereocenters. The lowest BCUT2D eigenvalue weighted by molar-refractivity contribution is 0.0692. The van der Waals surface area contributed by atoms with E-state index in [1.54, 1.807) is 0 Å². The molecule has 0 radical (unpaired) electrons. The van der Waals surface area contributed by atoms with Crippen molar-refractivity contribution in [1.82, 2.24) is 9.97 Å². The van der Waals surface area contributed by atoms with Gasteiger partial charge in [-0.2, -0.15) is 0 Å². The molecule has 25 heavy (non-hydrogen) atoms. The molecular weight excluding hydrogens is 312 g/mol. The van der Waals surface area contributed by atoms with Crippen molar-refractivity contribution in [3.63, 3.8) is 0 Å². The molecule has 2 aromatic carbocycles. The maximum absolute atomic E-state index is 11.9. The van der Waals surface area contributed by atoms with Gasteiger partial charge in [-0.25, -0.2) is 4.79 Å². The van der Waals surface area contributed by atoms with Crippen molar-refractivity contribution < 1.29 is 9.90 Å². The molecule has 0 saturated heterocycles. The van der Waals surface area contributed by atoms with E-state index in [1.165, 1.54) is 0 Å². The molecule has 0 aliphatic rings. The van der Waals surface area contributed by atoms with Crippen LogP contribution in [0, 0.1) is 0 Å². The molecule has 2 aromatic heterocycles. The number of carboxylic acid groups (broad SMARTS) is 1. The maximum Gasteiger partial charge on any atom is 0.352 e. The van der Waals surface area contributed by atoms with E-state index in [-0.39, 0.29) is 5.69 Å². The Morgan fingerprint density at radius 1 is 1.04 bits per heavy atom. The number of H-pyrrole nitrogens is 2. The first-order chi connectivity index (χ1) is 12.2. The van der Waals surface area contributed by atoms with Gasteiger partial charge in [-0.3, -0.25) is 0 Å². The van der Waals surface area contributed by atoms with E-state index in [9.17, 15) is 9.90 Å². The maximum atomic E-state index is 11.9. The number of fused-ring (bicyclic) bond motifs is 1. The van der Waals surface area contributed by atoms with Crippen LogP contribution < -0.4 is 0 Å². The number of aromatic nitrogens is 2. The molecule has 0 atom stereocenters.